The second kappa shape index (κ2) is 7.85. The summed E-state index contributed by atoms with van der Waals surface area (Å²) in [7, 11) is 3.64. The predicted molar refractivity (Wildman–Crippen MR) is 78.1 cm³/mol. The highest BCUT2D eigenvalue weighted by Crippen LogP contribution is 2.21. The van der Waals surface area contributed by atoms with Crippen molar-refractivity contribution in [2.45, 2.75) is 52.1 Å². The molecule has 0 aliphatic carbocycles. The molecule has 0 amide bonds. The number of hydrogen-bond donors (Lipinski definition) is 1. The summed E-state index contributed by atoms with van der Waals surface area (Å²) in [6.45, 7) is 8.73. The lowest BCUT2D eigenvalue weighted by Gasteiger charge is -2.35. The molecule has 0 spiro atoms. The number of carbonyl (C=O) groups is 1. The molecule has 0 aromatic rings. The number of piperidine rings is 1. The van der Waals surface area contributed by atoms with Gasteiger partial charge in [0.15, 0.2) is 0 Å². The van der Waals surface area contributed by atoms with Crippen LogP contribution in [0.25, 0.3) is 0 Å². The molecule has 4 heteroatoms. The van der Waals surface area contributed by atoms with Gasteiger partial charge in [0.05, 0.1) is 7.11 Å². The number of ether oxygens (including phenoxy) is 1. The summed E-state index contributed by atoms with van der Waals surface area (Å²) in [5, 5.41) is 3.51. The summed E-state index contributed by atoms with van der Waals surface area (Å²) < 4.78 is 4.93. The molecule has 1 N–H and O–H groups in total. The molecule has 0 radical (unpaired) electrons. The van der Waals surface area contributed by atoms with Crippen LogP contribution < -0.4 is 5.32 Å². The van der Waals surface area contributed by atoms with E-state index < -0.39 is 0 Å². The van der Waals surface area contributed by atoms with E-state index in [1.807, 2.05) is 0 Å². The quantitative estimate of drug-likeness (QED) is 0.749. The zero-order chi connectivity index (χ0) is 14.4. The van der Waals surface area contributed by atoms with Gasteiger partial charge >= 0.3 is 5.97 Å². The number of esters is 1. The molecule has 0 aromatic carbocycles. The van der Waals surface area contributed by atoms with Gasteiger partial charge in [0.1, 0.15) is 6.04 Å². The number of nitrogens with one attached hydrogen (secondary N) is 1. The minimum absolute atomic E-state index is 0.130. The number of methoxy groups -OCH3 is 1. The van der Waals surface area contributed by atoms with Crippen LogP contribution in [-0.2, 0) is 9.53 Å². The first-order valence-corrected chi connectivity index (χ1v) is 7.52. The standard InChI is InChI=1S/C15H30N2O2/c1-6-11(2)14(15(18)19-5)16-12(3)13-7-9-17(4)10-8-13/h11-14,16H,6-10H2,1-5H3. The Labute approximate surface area is 117 Å². The summed E-state index contributed by atoms with van der Waals surface area (Å²) >= 11 is 0. The predicted octanol–water partition coefficient (Wildman–Crippen LogP) is 1.89. The Morgan fingerprint density at radius 3 is 2.42 bits per heavy atom. The molecule has 1 aliphatic heterocycles. The Bertz CT molecular complexity index is 275. The van der Waals surface area contributed by atoms with Crippen LogP contribution >= 0.6 is 0 Å². The van der Waals surface area contributed by atoms with E-state index in [-0.39, 0.29) is 12.0 Å². The summed E-state index contributed by atoms with van der Waals surface area (Å²) in [4.78, 5) is 14.3. The monoisotopic (exact) mass is 270 g/mol. The zero-order valence-corrected chi connectivity index (χ0v) is 13.1. The fraction of sp³-hybridized carbons (Fsp3) is 0.933. The Morgan fingerprint density at radius 2 is 1.95 bits per heavy atom. The number of hydrogen-bond acceptors (Lipinski definition) is 4. The fourth-order valence-corrected chi connectivity index (χ4v) is 2.78. The average Bonchev–Trinajstić information content (AvgIpc) is 2.43. The van der Waals surface area contributed by atoms with Crippen molar-refractivity contribution in [1.29, 1.82) is 0 Å². The molecular weight excluding hydrogens is 240 g/mol. The number of nitrogens with zero attached hydrogens (tertiary/aromatic N) is 1. The van der Waals surface area contributed by atoms with Crippen molar-refractivity contribution in [3.8, 4) is 0 Å². The van der Waals surface area contributed by atoms with E-state index in [1.54, 1.807) is 0 Å². The van der Waals surface area contributed by atoms with Crippen LogP contribution in [0.15, 0.2) is 0 Å². The van der Waals surface area contributed by atoms with Crippen molar-refractivity contribution in [2.24, 2.45) is 11.8 Å². The second-order valence-electron chi connectivity index (χ2n) is 5.98. The lowest BCUT2D eigenvalue weighted by molar-refractivity contribution is -0.145. The third-order valence-corrected chi connectivity index (χ3v) is 4.58. The molecule has 1 rings (SSSR count). The van der Waals surface area contributed by atoms with Crippen LogP contribution in [0, 0.1) is 11.8 Å². The Hall–Kier alpha value is -0.610. The zero-order valence-electron chi connectivity index (χ0n) is 13.1. The summed E-state index contributed by atoms with van der Waals surface area (Å²) in [5.74, 6) is 0.836. The van der Waals surface area contributed by atoms with Crippen molar-refractivity contribution in [3.05, 3.63) is 0 Å². The van der Waals surface area contributed by atoms with Gasteiger partial charge < -0.3 is 15.0 Å². The van der Waals surface area contributed by atoms with Crippen LogP contribution in [0.3, 0.4) is 0 Å². The van der Waals surface area contributed by atoms with Crippen molar-refractivity contribution < 1.29 is 9.53 Å². The Balaban J connectivity index is 2.55. The molecular formula is C15H30N2O2. The minimum Gasteiger partial charge on any atom is -0.468 e. The first-order valence-electron chi connectivity index (χ1n) is 7.52. The molecule has 4 nitrogen and oxygen atoms in total. The van der Waals surface area contributed by atoms with Crippen LogP contribution in [0.2, 0.25) is 0 Å². The van der Waals surface area contributed by atoms with Gasteiger partial charge in [-0.2, -0.15) is 0 Å². The third-order valence-electron chi connectivity index (χ3n) is 4.58. The highest BCUT2D eigenvalue weighted by atomic mass is 16.5. The van der Waals surface area contributed by atoms with E-state index in [9.17, 15) is 4.79 Å². The fourth-order valence-electron chi connectivity index (χ4n) is 2.78. The van der Waals surface area contributed by atoms with Crippen molar-refractivity contribution in [1.82, 2.24) is 10.2 Å². The van der Waals surface area contributed by atoms with Crippen LogP contribution in [0.4, 0.5) is 0 Å². The average molecular weight is 270 g/mol. The first-order chi connectivity index (χ1) is 8.99. The number of rotatable bonds is 6. The van der Waals surface area contributed by atoms with Crippen LogP contribution in [0.1, 0.15) is 40.0 Å². The first kappa shape index (κ1) is 16.4. The van der Waals surface area contributed by atoms with Gasteiger partial charge in [0.25, 0.3) is 0 Å². The number of carbonyl (C=O) groups excluding carboxylic acids is 1. The molecule has 1 fully saturated rings. The molecule has 1 heterocycles. The third kappa shape index (κ3) is 4.77. The smallest absolute Gasteiger partial charge is 0.323 e. The van der Waals surface area contributed by atoms with Crippen molar-refractivity contribution >= 4 is 5.97 Å². The largest absolute Gasteiger partial charge is 0.468 e. The number of likely N-dealkylation sites (tertiary alicyclic amines) is 1. The van der Waals surface area contributed by atoms with Crippen LogP contribution in [0.5, 0.6) is 0 Å². The second-order valence-corrected chi connectivity index (χ2v) is 5.98. The molecule has 3 unspecified atom stereocenters. The Morgan fingerprint density at radius 1 is 1.37 bits per heavy atom. The molecule has 112 valence electrons. The molecule has 0 saturated carbocycles. The van der Waals surface area contributed by atoms with Gasteiger partial charge in [0.2, 0.25) is 0 Å². The normalized spacial score (nSPS) is 22.8. The summed E-state index contributed by atoms with van der Waals surface area (Å²) in [5.41, 5.74) is 0. The van der Waals surface area contributed by atoms with E-state index in [0.717, 1.165) is 19.5 Å². The van der Waals surface area contributed by atoms with Gasteiger partial charge in [0, 0.05) is 6.04 Å². The molecule has 3 atom stereocenters. The van der Waals surface area contributed by atoms with Gasteiger partial charge in [-0.3, -0.25) is 4.79 Å². The van der Waals surface area contributed by atoms with E-state index in [0.29, 0.717) is 17.9 Å². The molecule has 0 aromatic heterocycles. The summed E-state index contributed by atoms with van der Waals surface area (Å²) in [6, 6.07) is 0.191. The van der Waals surface area contributed by atoms with Crippen molar-refractivity contribution in [2.75, 3.05) is 27.2 Å². The van der Waals surface area contributed by atoms with Gasteiger partial charge in [-0.1, -0.05) is 20.3 Å². The Kier molecular flexibility index (Phi) is 6.80. The maximum absolute atomic E-state index is 11.9. The van der Waals surface area contributed by atoms with E-state index in [1.165, 1.54) is 20.0 Å². The van der Waals surface area contributed by atoms with Gasteiger partial charge in [-0.25, -0.2) is 0 Å². The summed E-state index contributed by atoms with van der Waals surface area (Å²) in [6.07, 6.45) is 3.39. The van der Waals surface area contributed by atoms with Gasteiger partial charge in [-0.15, -0.1) is 0 Å². The highest BCUT2D eigenvalue weighted by molar-refractivity contribution is 5.76. The highest BCUT2D eigenvalue weighted by Gasteiger charge is 2.30. The topological polar surface area (TPSA) is 41.6 Å². The molecule has 19 heavy (non-hydrogen) atoms. The molecule has 1 saturated heterocycles. The molecule has 0 bridgehead atoms. The van der Waals surface area contributed by atoms with Crippen LogP contribution in [-0.4, -0.2) is 50.2 Å². The molecule has 1 aliphatic rings. The lowest BCUT2D eigenvalue weighted by Crippen LogP contribution is -2.50. The van der Waals surface area contributed by atoms with E-state index >= 15 is 0 Å². The van der Waals surface area contributed by atoms with Gasteiger partial charge in [-0.05, 0) is 51.7 Å². The van der Waals surface area contributed by atoms with E-state index in [4.69, 9.17) is 4.74 Å². The SMILES string of the molecule is CCC(C)C(NC(C)C1CCN(C)CC1)C(=O)OC. The van der Waals surface area contributed by atoms with Crippen molar-refractivity contribution in [3.63, 3.8) is 0 Å². The minimum atomic E-state index is -0.176. The van der Waals surface area contributed by atoms with E-state index in [2.05, 4.69) is 38.0 Å². The maximum atomic E-state index is 11.9. The lowest BCUT2D eigenvalue weighted by atomic mass is 9.88. The maximum Gasteiger partial charge on any atom is 0.323 e.